The molecule has 0 amide bonds. The summed E-state index contributed by atoms with van der Waals surface area (Å²) in [5, 5.41) is 0. The number of rotatable bonds is 2. The topological polar surface area (TPSA) is 22.1 Å². The van der Waals surface area contributed by atoms with Crippen LogP contribution >= 0.6 is 0 Å². The molecule has 13 heavy (non-hydrogen) atoms. The van der Waals surface area contributed by atoms with Crippen LogP contribution in [0.2, 0.25) is 0 Å². The highest BCUT2D eigenvalue weighted by molar-refractivity contribution is 5.11. The van der Waals surface area contributed by atoms with Crippen LogP contribution in [0.25, 0.3) is 0 Å². The Bertz CT molecular complexity index is 284. The first-order valence-electron chi connectivity index (χ1n) is 4.63. The summed E-state index contributed by atoms with van der Waals surface area (Å²) in [5.74, 6) is 0.120. The summed E-state index contributed by atoms with van der Waals surface area (Å²) in [6.07, 6.45) is 6.23. The Morgan fingerprint density at radius 1 is 1.38 bits per heavy atom. The van der Waals surface area contributed by atoms with Crippen LogP contribution < -0.4 is 4.74 Å². The van der Waals surface area contributed by atoms with E-state index in [1.54, 1.807) is 0 Å². The van der Waals surface area contributed by atoms with Crippen LogP contribution in [0.1, 0.15) is 25.7 Å². The quantitative estimate of drug-likeness (QED) is 0.699. The Morgan fingerprint density at radius 2 is 2.15 bits per heavy atom. The molecule has 1 aromatic heterocycles. The number of hydrogen-bond acceptors (Lipinski definition) is 2. The van der Waals surface area contributed by atoms with Crippen molar-refractivity contribution in [3.63, 3.8) is 0 Å². The highest BCUT2D eigenvalue weighted by Crippen LogP contribution is 2.22. The van der Waals surface area contributed by atoms with Gasteiger partial charge in [-0.2, -0.15) is 0 Å². The zero-order valence-electron chi connectivity index (χ0n) is 7.37. The predicted octanol–water partition coefficient (Wildman–Crippen LogP) is 2.54. The van der Waals surface area contributed by atoms with E-state index in [2.05, 4.69) is 4.98 Å². The number of pyridine rings is 1. The molecule has 0 bridgehead atoms. The third-order valence-electron chi connectivity index (χ3n) is 2.29. The molecule has 1 fully saturated rings. The fourth-order valence-corrected chi connectivity index (χ4v) is 1.63. The Kier molecular flexibility index (Phi) is 2.43. The second-order valence-electron chi connectivity index (χ2n) is 3.34. The van der Waals surface area contributed by atoms with E-state index in [0.29, 0.717) is 5.88 Å². The molecule has 0 spiro atoms. The zero-order chi connectivity index (χ0) is 9.10. The van der Waals surface area contributed by atoms with E-state index in [4.69, 9.17) is 4.74 Å². The van der Waals surface area contributed by atoms with Gasteiger partial charge in [-0.05, 0) is 31.7 Å². The molecule has 1 heterocycles. The van der Waals surface area contributed by atoms with Gasteiger partial charge >= 0.3 is 0 Å². The molecule has 0 saturated heterocycles. The summed E-state index contributed by atoms with van der Waals surface area (Å²) >= 11 is 0. The minimum absolute atomic E-state index is 0.245. The van der Waals surface area contributed by atoms with Gasteiger partial charge in [0.05, 0.1) is 0 Å². The standard InChI is InChI=1S/C10H12FNO/c11-8-5-6-12-10(7-8)13-9-3-1-2-4-9/h5-7,9H,1-4H2. The lowest BCUT2D eigenvalue weighted by Gasteiger charge is -2.11. The zero-order valence-corrected chi connectivity index (χ0v) is 7.37. The van der Waals surface area contributed by atoms with E-state index in [9.17, 15) is 4.39 Å². The van der Waals surface area contributed by atoms with Crippen LogP contribution in [0.5, 0.6) is 5.88 Å². The van der Waals surface area contributed by atoms with Crippen LogP contribution in [-0.4, -0.2) is 11.1 Å². The summed E-state index contributed by atoms with van der Waals surface area (Å²) in [7, 11) is 0. The van der Waals surface area contributed by atoms with E-state index >= 15 is 0 Å². The van der Waals surface area contributed by atoms with Gasteiger partial charge in [0.1, 0.15) is 11.9 Å². The number of aromatic nitrogens is 1. The monoisotopic (exact) mass is 181 g/mol. The van der Waals surface area contributed by atoms with E-state index < -0.39 is 0 Å². The maximum atomic E-state index is 12.7. The van der Waals surface area contributed by atoms with Crippen LogP contribution in [0, 0.1) is 5.82 Å². The van der Waals surface area contributed by atoms with Crippen molar-refractivity contribution in [1.82, 2.24) is 4.98 Å². The van der Waals surface area contributed by atoms with Gasteiger partial charge in [0.2, 0.25) is 5.88 Å². The predicted molar refractivity (Wildman–Crippen MR) is 47.1 cm³/mol. The van der Waals surface area contributed by atoms with Crippen molar-refractivity contribution in [3.05, 3.63) is 24.1 Å². The largest absolute Gasteiger partial charge is 0.474 e. The third-order valence-corrected chi connectivity index (χ3v) is 2.29. The molecular formula is C10H12FNO. The van der Waals surface area contributed by atoms with E-state index in [1.807, 2.05) is 0 Å². The molecule has 0 aliphatic heterocycles. The first kappa shape index (κ1) is 8.48. The molecule has 3 heteroatoms. The molecule has 2 rings (SSSR count). The Morgan fingerprint density at radius 3 is 2.85 bits per heavy atom. The summed E-state index contributed by atoms with van der Waals surface area (Å²) in [5.41, 5.74) is 0. The Labute approximate surface area is 76.7 Å². The van der Waals surface area contributed by atoms with Crippen LogP contribution in [0.3, 0.4) is 0 Å². The molecule has 0 radical (unpaired) electrons. The van der Waals surface area contributed by atoms with Crippen molar-refractivity contribution in [1.29, 1.82) is 0 Å². The first-order valence-corrected chi connectivity index (χ1v) is 4.63. The summed E-state index contributed by atoms with van der Waals surface area (Å²) < 4.78 is 18.2. The molecule has 0 unspecified atom stereocenters. The lowest BCUT2D eigenvalue weighted by molar-refractivity contribution is 0.200. The maximum absolute atomic E-state index is 12.7. The van der Waals surface area contributed by atoms with Gasteiger partial charge in [0.15, 0.2) is 0 Å². The smallest absolute Gasteiger partial charge is 0.216 e. The number of halogens is 1. The Hall–Kier alpha value is -1.12. The van der Waals surface area contributed by atoms with E-state index in [0.717, 1.165) is 12.8 Å². The van der Waals surface area contributed by atoms with Gasteiger partial charge in [-0.3, -0.25) is 0 Å². The average molecular weight is 181 g/mol. The lowest BCUT2D eigenvalue weighted by Crippen LogP contribution is -2.11. The van der Waals surface area contributed by atoms with Crippen LogP contribution in [0.4, 0.5) is 4.39 Å². The molecule has 0 N–H and O–H groups in total. The minimum atomic E-state index is -0.289. The molecule has 1 saturated carbocycles. The lowest BCUT2D eigenvalue weighted by atomic mass is 10.3. The summed E-state index contributed by atoms with van der Waals surface area (Å²) in [6.45, 7) is 0. The van der Waals surface area contributed by atoms with Crippen molar-refractivity contribution in [2.45, 2.75) is 31.8 Å². The first-order chi connectivity index (χ1) is 6.34. The SMILES string of the molecule is Fc1ccnc(OC2CCCC2)c1. The summed E-state index contributed by atoms with van der Waals surface area (Å²) in [6, 6.07) is 2.65. The second kappa shape index (κ2) is 3.73. The number of ether oxygens (including phenoxy) is 1. The molecule has 0 atom stereocenters. The fourth-order valence-electron chi connectivity index (χ4n) is 1.63. The normalized spacial score (nSPS) is 17.6. The highest BCUT2D eigenvalue weighted by Gasteiger charge is 2.16. The molecule has 1 aromatic rings. The van der Waals surface area contributed by atoms with Gasteiger partial charge in [-0.1, -0.05) is 0 Å². The van der Waals surface area contributed by atoms with Gasteiger partial charge in [0, 0.05) is 12.3 Å². The van der Waals surface area contributed by atoms with Gasteiger partial charge in [-0.25, -0.2) is 9.37 Å². The van der Waals surface area contributed by atoms with Crippen molar-refractivity contribution < 1.29 is 9.13 Å². The molecule has 0 aromatic carbocycles. The van der Waals surface area contributed by atoms with Crippen molar-refractivity contribution in [3.8, 4) is 5.88 Å². The van der Waals surface area contributed by atoms with Gasteiger partial charge < -0.3 is 4.74 Å². The maximum Gasteiger partial charge on any atom is 0.216 e. The molecule has 70 valence electrons. The van der Waals surface area contributed by atoms with Crippen LogP contribution in [0.15, 0.2) is 18.3 Å². The van der Waals surface area contributed by atoms with E-state index in [-0.39, 0.29) is 11.9 Å². The number of nitrogens with zero attached hydrogens (tertiary/aromatic N) is 1. The fraction of sp³-hybridized carbons (Fsp3) is 0.500. The van der Waals surface area contributed by atoms with Gasteiger partial charge in [-0.15, -0.1) is 0 Å². The van der Waals surface area contributed by atoms with Crippen molar-refractivity contribution in [2.24, 2.45) is 0 Å². The molecule has 1 aliphatic carbocycles. The Balaban J connectivity index is 2.00. The second-order valence-corrected chi connectivity index (χ2v) is 3.34. The van der Waals surface area contributed by atoms with Crippen molar-refractivity contribution in [2.75, 3.05) is 0 Å². The summed E-state index contributed by atoms with van der Waals surface area (Å²) in [4.78, 5) is 3.94. The molecule has 2 nitrogen and oxygen atoms in total. The molecule has 1 aliphatic rings. The number of hydrogen-bond donors (Lipinski definition) is 0. The van der Waals surface area contributed by atoms with Crippen LogP contribution in [-0.2, 0) is 0 Å². The van der Waals surface area contributed by atoms with E-state index in [1.165, 1.54) is 31.2 Å². The highest BCUT2D eigenvalue weighted by atomic mass is 19.1. The molecular weight excluding hydrogens is 169 g/mol. The van der Waals surface area contributed by atoms with Crippen molar-refractivity contribution >= 4 is 0 Å². The van der Waals surface area contributed by atoms with Gasteiger partial charge in [0.25, 0.3) is 0 Å². The average Bonchev–Trinajstić information content (AvgIpc) is 2.57. The minimum Gasteiger partial charge on any atom is -0.474 e. The third kappa shape index (κ3) is 2.17.